The number of aromatic nitrogens is 2. The molecule has 1 saturated carbocycles. The van der Waals surface area contributed by atoms with E-state index in [1.807, 2.05) is 24.3 Å². The summed E-state index contributed by atoms with van der Waals surface area (Å²) in [5.74, 6) is 0. The average molecular weight is 322 g/mol. The van der Waals surface area contributed by atoms with Crippen LogP contribution in [0.3, 0.4) is 0 Å². The Morgan fingerprint density at radius 3 is 2.87 bits per heavy atom. The van der Waals surface area contributed by atoms with Crippen molar-refractivity contribution in [2.45, 2.75) is 43.9 Å². The van der Waals surface area contributed by atoms with Crippen LogP contribution in [0.1, 0.15) is 24.8 Å². The molecule has 23 heavy (non-hydrogen) atoms. The van der Waals surface area contributed by atoms with Crippen molar-refractivity contribution in [2.24, 2.45) is 7.05 Å². The lowest BCUT2D eigenvalue weighted by Crippen LogP contribution is -2.47. The van der Waals surface area contributed by atoms with Crippen LogP contribution in [0.2, 0.25) is 0 Å². The van der Waals surface area contributed by atoms with Crippen LogP contribution < -0.4 is 5.32 Å². The molecule has 1 aromatic heterocycles. The minimum absolute atomic E-state index is 0.0410. The Labute approximate surface area is 136 Å². The molecule has 3 rings (SSSR count). The van der Waals surface area contributed by atoms with E-state index >= 15 is 0 Å². The molecule has 128 valence electrons. The third-order valence-corrected chi connectivity index (χ3v) is 4.47. The molecule has 0 unspecified atom stereocenters. The number of urea groups is 1. The van der Waals surface area contributed by atoms with Gasteiger partial charge in [0, 0.05) is 32.9 Å². The Balaban J connectivity index is 1.65. The summed E-state index contributed by atoms with van der Waals surface area (Å²) < 4.78 is 12.8. The molecular formula is C16H26N4O3. The molecule has 1 aliphatic carbocycles. The maximum absolute atomic E-state index is 12.5. The van der Waals surface area contributed by atoms with Crippen molar-refractivity contribution < 1.29 is 14.3 Å². The van der Waals surface area contributed by atoms with Crippen LogP contribution in [0, 0.1) is 0 Å². The van der Waals surface area contributed by atoms with Crippen molar-refractivity contribution in [1.29, 1.82) is 0 Å². The van der Waals surface area contributed by atoms with E-state index in [0.717, 1.165) is 37.8 Å². The van der Waals surface area contributed by atoms with Crippen LogP contribution in [-0.4, -0.2) is 65.8 Å². The number of aryl methyl sites for hydroxylation is 1. The molecule has 0 radical (unpaired) electrons. The lowest BCUT2D eigenvalue weighted by Gasteiger charge is -2.28. The van der Waals surface area contributed by atoms with Gasteiger partial charge in [0.05, 0.1) is 31.6 Å². The minimum atomic E-state index is 0.0410. The summed E-state index contributed by atoms with van der Waals surface area (Å²) in [4.78, 5) is 14.4. The molecule has 1 aromatic rings. The van der Waals surface area contributed by atoms with Crippen molar-refractivity contribution in [3.05, 3.63) is 18.0 Å². The number of amides is 2. The summed E-state index contributed by atoms with van der Waals surface area (Å²) in [5.41, 5.74) is 1.13. The second-order valence-corrected chi connectivity index (χ2v) is 6.40. The largest absolute Gasteiger partial charge is 0.382 e. The normalized spacial score (nSPS) is 24.2. The van der Waals surface area contributed by atoms with Gasteiger partial charge in [-0.15, -0.1) is 0 Å². The topological polar surface area (TPSA) is 68.6 Å². The summed E-state index contributed by atoms with van der Waals surface area (Å²) >= 11 is 0. The maximum Gasteiger partial charge on any atom is 0.317 e. The fraction of sp³-hybridized carbons (Fsp3) is 0.750. The van der Waals surface area contributed by atoms with Crippen LogP contribution in [0.4, 0.5) is 4.79 Å². The van der Waals surface area contributed by atoms with Gasteiger partial charge >= 0.3 is 6.03 Å². The standard InChI is InChI=1S/C16H26N4O3/c1-19-11-12(10-17-19)9-14-15(23-8-7-22-2)5-6-20(14)16(21)18-13-3-4-13/h10-11,13-15H,3-9H2,1-2H3,(H,18,21)/t14-,15-/m1/s1. The summed E-state index contributed by atoms with van der Waals surface area (Å²) in [5, 5.41) is 7.31. The Kier molecular flexibility index (Phi) is 5.17. The van der Waals surface area contributed by atoms with Crippen molar-refractivity contribution in [1.82, 2.24) is 20.0 Å². The molecule has 0 aromatic carbocycles. The van der Waals surface area contributed by atoms with Gasteiger partial charge < -0.3 is 19.7 Å². The molecule has 2 heterocycles. The first kappa shape index (κ1) is 16.3. The highest BCUT2D eigenvalue weighted by Crippen LogP contribution is 2.26. The van der Waals surface area contributed by atoms with Gasteiger partial charge in [0.15, 0.2) is 0 Å². The number of hydrogen-bond donors (Lipinski definition) is 1. The highest BCUT2D eigenvalue weighted by Gasteiger charge is 2.39. The van der Waals surface area contributed by atoms with Gasteiger partial charge in [-0.3, -0.25) is 4.68 Å². The summed E-state index contributed by atoms with van der Waals surface area (Å²) in [6.07, 6.45) is 7.75. The zero-order valence-corrected chi connectivity index (χ0v) is 13.9. The molecule has 1 aliphatic heterocycles. The van der Waals surface area contributed by atoms with E-state index < -0.39 is 0 Å². The molecule has 2 amide bonds. The van der Waals surface area contributed by atoms with Gasteiger partial charge in [0.25, 0.3) is 0 Å². The van der Waals surface area contributed by atoms with Gasteiger partial charge in [0.2, 0.25) is 0 Å². The fourth-order valence-electron chi connectivity index (χ4n) is 3.10. The monoisotopic (exact) mass is 322 g/mol. The van der Waals surface area contributed by atoms with Crippen LogP contribution in [-0.2, 0) is 22.9 Å². The van der Waals surface area contributed by atoms with Gasteiger partial charge in [0.1, 0.15) is 0 Å². The number of nitrogens with zero attached hydrogens (tertiary/aromatic N) is 3. The highest BCUT2D eigenvalue weighted by atomic mass is 16.5. The lowest BCUT2D eigenvalue weighted by atomic mass is 10.0. The van der Waals surface area contributed by atoms with Crippen molar-refractivity contribution in [2.75, 3.05) is 26.9 Å². The smallest absolute Gasteiger partial charge is 0.317 e. The fourth-order valence-corrected chi connectivity index (χ4v) is 3.10. The molecule has 7 nitrogen and oxygen atoms in total. The van der Waals surface area contributed by atoms with Gasteiger partial charge in [-0.25, -0.2) is 4.79 Å². The third kappa shape index (κ3) is 4.23. The van der Waals surface area contributed by atoms with Crippen LogP contribution in [0.15, 0.2) is 12.4 Å². The predicted molar refractivity (Wildman–Crippen MR) is 85.2 cm³/mol. The zero-order chi connectivity index (χ0) is 16.2. The minimum Gasteiger partial charge on any atom is -0.382 e. The van der Waals surface area contributed by atoms with E-state index in [2.05, 4.69) is 10.4 Å². The number of rotatable bonds is 7. The number of likely N-dealkylation sites (tertiary alicyclic amines) is 1. The number of nitrogens with one attached hydrogen (secondary N) is 1. The quantitative estimate of drug-likeness (QED) is 0.759. The first-order valence-corrected chi connectivity index (χ1v) is 8.32. The van der Waals surface area contributed by atoms with Gasteiger partial charge in [-0.1, -0.05) is 0 Å². The molecule has 0 bridgehead atoms. The van der Waals surface area contributed by atoms with Crippen LogP contribution in [0.25, 0.3) is 0 Å². The number of carbonyl (C=O) groups is 1. The highest BCUT2D eigenvalue weighted by molar-refractivity contribution is 5.75. The molecule has 2 atom stereocenters. The Morgan fingerprint density at radius 2 is 2.22 bits per heavy atom. The lowest BCUT2D eigenvalue weighted by molar-refractivity contribution is 0.00331. The Morgan fingerprint density at radius 1 is 1.39 bits per heavy atom. The van der Waals surface area contributed by atoms with E-state index in [1.165, 1.54) is 0 Å². The van der Waals surface area contributed by atoms with E-state index in [4.69, 9.17) is 9.47 Å². The molecule has 2 aliphatic rings. The zero-order valence-electron chi connectivity index (χ0n) is 13.9. The first-order chi connectivity index (χ1) is 11.2. The molecule has 2 fully saturated rings. The van der Waals surface area contributed by atoms with Crippen molar-refractivity contribution >= 4 is 6.03 Å². The van der Waals surface area contributed by atoms with Gasteiger partial charge in [-0.05, 0) is 31.2 Å². The second-order valence-electron chi connectivity index (χ2n) is 6.40. The van der Waals surface area contributed by atoms with Gasteiger partial charge in [-0.2, -0.15) is 5.10 Å². The summed E-state index contributed by atoms with van der Waals surface area (Å²) in [7, 11) is 3.57. The van der Waals surface area contributed by atoms with Crippen molar-refractivity contribution in [3.63, 3.8) is 0 Å². The number of ether oxygens (including phenoxy) is 2. The first-order valence-electron chi connectivity index (χ1n) is 8.32. The Hall–Kier alpha value is -1.60. The molecule has 1 N–H and O–H groups in total. The summed E-state index contributed by atoms with van der Waals surface area (Å²) in [6, 6.07) is 0.462. The predicted octanol–water partition coefficient (Wildman–Crippen LogP) is 0.941. The SMILES string of the molecule is COCCO[C@@H]1CCN(C(=O)NC2CC2)[C@@H]1Cc1cnn(C)c1. The molecule has 0 spiro atoms. The van der Waals surface area contributed by atoms with Crippen LogP contribution in [0.5, 0.6) is 0 Å². The van der Waals surface area contributed by atoms with Crippen LogP contribution >= 0.6 is 0 Å². The number of carbonyl (C=O) groups excluding carboxylic acids is 1. The Bertz CT molecular complexity index is 529. The maximum atomic E-state index is 12.5. The van der Waals surface area contributed by atoms with E-state index in [0.29, 0.717) is 19.3 Å². The average Bonchev–Trinajstić information content (AvgIpc) is 3.10. The summed E-state index contributed by atoms with van der Waals surface area (Å²) in [6.45, 7) is 1.87. The van der Waals surface area contributed by atoms with Crippen molar-refractivity contribution in [3.8, 4) is 0 Å². The number of methoxy groups -OCH3 is 1. The number of hydrogen-bond acceptors (Lipinski definition) is 4. The molecule has 1 saturated heterocycles. The molecular weight excluding hydrogens is 296 g/mol. The van der Waals surface area contributed by atoms with E-state index in [9.17, 15) is 4.79 Å². The van der Waals surface area contributed by atoms with E-state index in [1.54, 1.807) is 11.8 Å². The second kappa shape index (κ2) is 7.31. The third-order valence-electron chi connectivity index (χ3n) is 4.47. The van der Waals surface area contributed by atoms with E-state index in [-0.39, 0.29) is 18.2 Å². The molecule has 7 heteroatoms.